The Morgan fingerprint density at radius 3 is 2.57 bits per heavy atom. The number of rotatable bonds is 6. The normalized spacial score (nSPS) is 13.6. The van der Waals surface area contributed by atoms with E-state index < -0.39 is 5.97 Å². The molecular formula is C22H22ClNO4. The largest absolute Gasteiger partial charge is 0.482 e. The number of amides is 1. The monoisotopic (exact) mass is 399 g/mol. The summed E-state index contributed by atoms with van der Waals surface area (Å²) >= 11 is 5.89. The van der Waals surface area contributed by atoms with Gasteiger partial charge >= 0.3 is 5.97 Å². The Hall–Kier alpha value is -2.79. The molecule has 0 unspecified atom stereocenters. The van der Waals surface area contributed by atoms with E-state index in [4.69, 9.17) is 21.1 Å². The molecule has 3 rings (SSSR count). The highest BCUT2D eigenvalue weighted by molar-refractivity contribution is 6.30. The van der Waals surface area contributed by atoms with E-state index in [1.807, 2.05) is 31.2 Å². The van der Waals surface area contributed by atoms with E-state index in [2.05, 4.69) is 12.1 Å². The molecule has 1 amide bonds. The van der Waals surface area contributed by atoms with E-state index in [1.165, 1.54) is 11.1 Å². The summed E-state index contributed by atoms with van der Waals surface area (Å²) in [5, 5.41) is 0.601. The molecule has 1 aliphatic rings. The zero-order valence-corrected chi connectivity index (χ0v) is 16.4. The number of esters is 1. The summed E-state index contributed by atoms with van der Waals surface area (Å²) in [4.78, 5) is 25.8. The SMILES string of the molecule is Cc1cc(Cl)ccc1OCC(=O)OCC(=O)N1CC=C(c2ccccc2)CC1. The summed E-state index contributed by atoms with van der Waals surface area (Å²) in [6.45, 7) is 2.42. The summed E-state index contributed by atoms with van der Waals surface area (Å²) in [5.74, 6) is -0.234. The first kappa shape index (κ1) is 20.0. The minimum Gasteiger partial charge on any atom is -0.482 e. The molecule has 0 N–H and O–H groups in total. The van der Waals surface area contributed by atoms with Gasteiger partial charge in [-0.05, 0) is 48.2 Å². The summed E-state index contributed by atoms with van der Waals surface area (Å²) in [7, 11) is 0. The molecule has 1 heterocycles. The fraction of sp³-hybridized carbons (Fsp3) is 0.273. The molecule has 0 atom stereocenters. The quantitative estimate of drug-likeness (QED) is 0.691. The molecule has 146 valence electrons. The van der Waals surface area contributed by atoms with Crippen molar-refractivity contribution in [3.63, 3.8) is 0 Å². The van der Waals surface area contributed by atoms with Crippen molar-refractivity contribution < 1.29 is 19.1 Å². The lowest BCUT2D eigenvalue weighted by Crippen LogP contribution is -2.38. The molecule has 2 aromatic rings. The van der Waals surface area contributed by atoms with Crippen molar-refractivity contribution in [2.45, 2.75) is 13.3 Å². The zero-order chi connectivity index (χ0) is 19.9. The number of ether oxygens (including phenoxy) is 2. The van der Waals surface area contributed by atoms with E-state index in [0.29, 0.717) is 23.9 Å². The molecule has 0 fully saturated rings. The maximum absolute atomic E-state index is 12.3. The van der Waals surface area contributed by atoms with Crippen LogP contribution in [0.1, 0.15) is 17.5 Å². The maximum atomic E-state index is 12.3. The molecule has 0 aliphatic carbocycles. The van der Waals surface area contributed by atoms with Gasteiger partial charge in [0.2, 0.25) is 0 Å². The zero-order valence-electron chi connectivity index (χ0n) is 15.7. The van der Waals surface area contributed by atoms with E-state index in [1.54, 1.807) is 23.1 Å². The van der Waals surface area contributed by atoms with Crippen LogP contribution in [0.2, 0.25) is 5.02 Å². The van der Waals surface area contributed by atoms with Crippen LogP contribution in [0.5, 0.6) is 5.75 Å². The van der Waals surface area contributed by atoms with Crippen LogP contribution in [0.25, 0.3) is 5.57 Å². The van der Waals surface area contributed by atoms with Crippen molar-refractivity contribution >= 4 is 29.1 Å². The predicted molar refractivity (Wildman–Crippen MR) is 108 cm³/mol. The van der Waals surface area contributed by atoms with Crippen molar-refractivity contribution in [1.82, 2.24) is 4.90 Å². The summed E-state index contributed by atoms with van der Waals surface area (Å²) in [6, 6.07) is 15.2. The molecule has 0 spiro atoms. The van der Waals surface area contributed by atoms with Crippen molar-refractivity contribution in [2.24, 2.45) is 0 Å². The van der Waals surface area contributed by atoms with Gasteiger partial charge in [-0.25, -0.2) is 4.79 Å². The third-order valence-electron chi connectivity index (χ3n) is 4.55. The van der Waals surface area contributed by atoms with Crippen LogP contribution in [-0.4, -0.2) is 43.1 Å². The summed E-state index contributed by atoms with van der Waals surface area (Å²) < 4.78 is 10.5. The number of nitrogens with zero attached hydrogens (tertiary/aromatic N) is 1. The number of hydrogen-bond acceptors (Lipinski definition) is 4. The molecule has 0 saturated carbocycles. The average Bonchev–Trinajstić information content (AvgIpc) is 2.72. The Morgan fingerprint density at radius 1 is 1.11 bits per heavy atom. The van der Waals surface area contributed by atoms with Crippen LogP contribution in [0.4, 0.5) is 0 Å². The fourth-order valence-electron chi connectivity index (χ4n) is 3.00. The highest BCUT2D eigenvalue weighted by atomic mass is 35.5. The molecular weight excluding hydrogens is 378 g/mol. The lowest BCUT2D eigenvalue weighted by molar-refractivity contribution is -0.153. The third-order valence-corrected chi connectivity index (χ3v) is 4.78. The van der Waals surface area contributed by atoms with Crippen LogP contribution in [-0.2, 0) is 14.3 Å². The Kier molecular flexibility index (Phi) is 6.71. The number of hydrogen-bond donors (Lipinski definition) is 0. The third kappa shape index (κ3) is 5.36. The highest BCUT2D eigenvalue weighted by Gasteiger charge is 2.19. The first-order chi connectivity index (χ1) is 13.5. The minimum absolute atomic E-state index is 0.209. The van der Waals surface area contributed by atoms with E-state index in [-0.39, 0.29) is 19.1 Å². The Labute approximate surface area is 169 Å². The molecule has 1 aliphatic heterocycles. The molecule has 0 saturated heterocycles. The van der Waals surface area contributed by atoms with Gasteiger partial charge in [0, 0.05) is 18.1 Å². The lowest BCUT2D eigenvalue weighted by Gasteiger charge is -2.26. The fourth-order valence-corrected chi connectivity index (χ4v) is 3.22. The Balaban J connectivity index is 1.43. The first-order valence-electron chi connectivity index (χ1n) is 9.10. The van der Waals surface area contributed by atoms with Crippen molar-refractivity contribution in [1.29, 1.82) is 0 Å². The highest BCUT2D eigenvalue weighted by Crippen LogP contribution is 2.23. The van der Waals surface area contributed by atoms with Crippen LogP contribution < -0.4 is 4.74 Å². The van der Waals surface area contributed by atoms with Gasteiger partial charge < -0.3 is 14.4 Å². The molecule has 2 aromatic carbocycles. The standard InChI is InChI=1S/C22H22ClNO4/c1-16-13-19(23)7-8-20(16)27-15-22(26)28-14-21(25)24-11-9-18(10-12-24)17-5-3-2-4-6-17/h2-9,13H,10-12,14-15H2,1H3. The van der Waals surface area contributed by atoms with E-state index >= 15 is 0 Å². The van der Waals surface area contributed by atoms with Crippen molar-refractivity contribution in [3.8, 4) is 5.75 Å². The Bertz CT molecular complexity index is 879. The second-order valence-electron chi connectivity index (χ2n) is 6.54. The van der Waals surface area contributed by atoms with Gasteiger partial charge in [-0.1, -0.05) is 48.0 Å². The van der Waals surface area contributed by atoms with Gasteiger partial charge in [-0.15, -0.1) is 0 Å². The number of halogens is 1. The van der Waals surface area contributed by atoms with Gasteiger partial charge in [0.15, 0.2) is 13.2 Å². The van der Waals surface area contributed by atoms with Gasteiger partial charge in [0.25, 0.3) is 5.91 Å². The molecule has 0 aromatic heterocycles. The molecule has 6 heteroatoms. The van der Waals surface area contributed by atoms with Gasteiger partial charge in [0.05, 0.1) is 0 Å². The predicted octanol–water partition coefficient (Wildman–Crippen LogP) is 3.89. The second kappa shape index (κ2) is 9.42. The van der Waals surface area contributed by atoms with Crippen molar-refractivity contribution in [2.75, 3.05) is 26.3 Å². The minimum atomic E-state index is -0.583. The van der Waals surface area contributed by atoms with Gasteiger partial charge in [-0.2, -0.15) is 0 Å². The van der Waals surface area contributed by atoms with Gasteiger partial charge in [0.1, 0.15) is 5.75 Å². The van der Waals surface area contributed by atoms with Crippen LogP contribution >= 0.6 is 11.6 Å². The number of carbonyl (C=O) groups is 2. The summed E-state index contributed by atoms with van der Waals surface area (Å²) in [6.07, 6.45) is 2.83. The Morgan fingerprint density at radius 2 is 1.89 bits per heavy atom. The van der Waals surface area contributed by atoms with Gasteiger partial charge in [-0.3, -0.25) is 4.79 Å². The van der Waals surface area contributed by atoms with Crippen molar-refractivity contribution in [3.05, 3.63) is 70.8 Å². The van der Waals surface area contributed by atoms with Crippen LogP contribution in [0.15, 0.2) is 54.6 Å². The number of benzene rings is 2. The van der Waals surface area contributed by atoms with Crippen LogP contribution in [0, 0.1) is 6.92 Å². The molecule has 5 nitrogen and oxygen atoms in total. The molecule has 0 radical (unpaired) electrons. The maximum Gasteiger partial charge on any atom is 0.344 e. The topological polar surface area (TPSA) is 55.8 Å². The van der Waals surface area contributed by atoms with E-state index in [0.717, 1.165) is 12.0 Å². The number of carbonyl (C=O) groups excluding carboxylic acids is 2. The molecule has 0 bridgehead atoms. The number of aryl methyl sites for hydroxylation is 1. The average molecular weight is 400 g/mol. The second-order valence-corrected chi connectivity index (χ2v) is 6.98. The molecule has 28 heavy (non-hydrogen) atoms. The first-order valence-corrected chi connectivity index (χ1v) is 9.47. The van der Waals surface area contributed by atoms with Crippen LogP contribution in [0.3, 0.4) is 0 Å². The lowest BCUT2D eigenvalue weighted by atomic mass is 10.00. The smallest absolute Gasteiger partial charge is 0.344 e. The summed E-state index contributed by atoms with van der Waals surface area (Å²) in [5.41, 5.74) is 3.23. The van der Waals surface area contributed by atoms with E-state index in [9.17, 15) is 9.59 Å².